The number of benzene rings is 1. The Balaban J connectivity index is 2.32. The van der Waals surface area contributed by atoms with E-state index in [1.165, 1.54) is 24.1 Å². The molecule has 7 heteroatoms. The van der Waals surface area contributed by atoms with Crippen LogP contribution in [0.15, 0.2) is 22.7 Å². The Morgan fingerprint density at radius 1 is 1.42 bits per heavy atom. The molecule has 2 rings (SSSR count). The van der Waals surface area contributed by atoms with Crippen LogP contribution in [-0.2, 0) is 10.9 Å². The molecular weight excluding hydrogens is 327 g/mol. The van der Waals surface area contributed by atoms with E-state index in [2.05, 4.69) is 15.9 Å². The highest BCUT2D eigenvalue weighted by Crippen LogP contribution is 2.36. The predicted molar refractivity (Wildman–Crippen MR) is 65.8 cm³/mol. The summed E-state index contributed by atoms with van der Waals surface area (Å²) in [6.45, 7) is 0.627. The number of ether oxygens (including phenoxy) is 1. The monoisotopic (exact) mass is 337 g/mol. The van der Waals surface area contributed by atoms with E-state index in [0.717, 1.165) is 6.07 Å². The van der Waals surface area contributed by atoms with Crippen LogP contribution in [0, 0.1) is 0 Å². The highest BCUT2D eigenvalue weighted by molar-refractivity contribution is 9.10. The molecule has 0 radical (unpaired) electrons. The van der Waals surface area contributed by atoms with Crippen LogP contribution in [0.5, 0.6) is 0 Å². The second-order valence-electron chi connectivity index (χ2n) is 4.23. The molecule has 0 aliphatic carbocycles. The maximum Gasteiger partial charge on any atom is 0.417 e. The van der Waals surface area contributed by atoms with Gasteiger partial charge in [-0.2, -0.15) is 13.2 Å². The zero-order valence-corrected chi connectivity index (χ0v) is 11.6. The minimum absolute atomic E-state index is 0.0965. The van der Waals surface area contributed by atoms with Gasteiger partial charge in [0, 0.05) is 24.7 Å². The zero-order valence-electron chi connectivity index (χ0n) is 10.00. The summed E-state index contributed by atoms with van der Waals surface area (Å²) in [5.41, 5.74) is -1.27. The standard InChI is InChI=1S/C12H11BrF3NO2/c1-19-7-5-17(6-7)11(18)10-8(12(14,15)16)3-2-4-9(10)13/h2-4,7H,5-6H2,1H3. The second kappa shape index (κ2) is 5.13. The molecule has 0 bridgehead atoms. The summed E-state index contributed by atoms with van der Waals surface area (Å²) in [5, 5.41) is 0. The van der Waals surface area contributed by atoms with Gasteiger partial charge in [-0.05, 0) is 28.1 Å². The Morgan fingerprint density at radius 3 is 2.58 bits per heavy atom. The average Bonchev–Trinajstić information content (AvgIpc) is 2.25. The van der Waals surface area contributed by atoms with Crippen LogP contribution < -0.4 is 0 Å². The van der Waals surface area contributed by atoms with E-state index in [1.54, 1.807) is 0 Å². The number of hydrogen-bond acceptors (Lipinski definition) is 2. The lowest BCUT2D eigenvalue weighted by Crippen LogP contribution is -2.54. The number of likely N-dealkylation sites (tertiary alicyclic amines) is 1. The molecule has 0 saturated carbocycles. The van der Waals surface area contributed by atoms with Gasteiger partial charge >= 0.3 is 6.18 Å². The molecule has 0 unspecified atom stereocenters. The molecule has 1 heterocycles. The van der Waals surface area contributed by atoms with Crippen molar-refractivity contribution >= 4 is 21.8 Å². The van der Waals surface area contributed by atoms with Gasteiger partial charge in [0.15, 0.2) is 0 Å². The number of carbonyl (C=O) groups is 1. The minimum Gasteiger partial charge on any atom is -0.378 e. The lowest BCUT2D eigenvalue weighted by molar-refractivity contribution is -0.138. The molecule has 1 aromatic rings. The van der Waals surface area contributed by atoms with Crippen molar-refractivity contribution in [2.24, 2.45) is 0 Å². The quantitative estimate of drug-likeness (QED) is 0.830. The van der Waals surface area contributed by atoms with E-state index in [9.17, 15) is 18.0 Å². The van der Waals surface area contributed by atoms with Crippen molar-refractivity contribution in [3.8, 4) is 0 Å². The minimum atomic E-state index is -4.56. The van der Waals surface area contributed by atoms with E-state index >= 15 is 0 Å². The fourth-order valence-corrected chi connectivity index (χ4v) is 2.42. The van der Waals surface area contributed by atoms with Crippen LogP contribution >= 0.6 is 15.9 Å². The molecule has 19 heavy (non-hydrogen) atoms. The van der Waals surface area contributed by atoms with Crippen LogP contribution in [0.2, 0.25) is 0 Å². The first kappa shape index (κ1) is 14.3. The zero-order chi connectivity index (χ0) is 14.2. The van der Waals surface area contributed by atoms with Gasteiger partial charge in [0.1, 0.15) is 0 Å². The van der Waals surface area contributed by atoms with Gasteiger partial charge in [0.2, 0.25) is 0 Å². The molecule has 1 aromatic carbocycles. The van der Waals surface area contributed by atoms with Crippen molar-refractivity contribution in [3.63, 3.8) is 0 Å². The van der Waals surface area contributed by atoms with Crippen molar-refractivity contribution in [1.29, 1.82) is 0 Å². The molecule has 1 fully saturated rings. The third-order valence-electron chi connectivity index (χ3n) is 3.00. The molecule has 0 atom stereocenters. The number of alkyl halides is 3. The normalized spacial score (nSPS) is 16.4. The Labute approximate surface area is 116 Å². The van der Waals surface area contributed by atoms with Crippen LogP contribution in [0.1, 0.15) is 15.9 Å². The largest absolute Gasteiger partial charge is 0.417 e. The third kappa shape index (κ3) is 2.76. The fourth-order valence-electron chi connectivity index (χ4n) is 1.89. The molecule has 1 amide bonds. The summed E-state index contributed by atoms with van der Waals surface area (Å²) in [4.78, 5) is 13.5. The summed E-state index contributed by atoms with van der Waals surface area (Å²) >= 11 is 3.02. The SMILES string of the molecule is COC1CN(C(=O)c2c(Br)cccc2C(F)(F)F)C1. The number of nitrogens with zero attached hydrogens (tertiary/aromatic N) is 1. The molecule has 1 aliphatic heterocycles. The highest BCUT2D eigenvalue weighted by atomic mass is 79.9. The summed E-state index contributed by atoms with van der Waals surface area (Å²) in [6.07, 6.45) is -4.65. The lowest BCUT2D eigenvalue weighted by Gasteiger charge is -2.38. The van der Waals surface area contributed by atoms with Gasteiger partial charge in [-0.25, -0.2) is 0 Å². The smallest absolute Gasteiger partial charge is 0.378 e. The Morgan fingerprint density at radius 2 is 2.05 bits per heavy atom. The predicted octanol–water partition coefficient (Wildman–Crippen LogP) is 2.94. The van der Waals surface area contributed by atoms with E-state index in [1.807, 2.05) is 0 Å². The Bertz CT molecular complexity index is 498. The van der Waals surface area contributed by atoms with Crippen molar-refractivity contribution < 1.29 is 22.7 Å². The van der Waals surface area contributed by atoms with Crippen LogP contribution in [0.4, 0.5) is 13.2 Å². The van der Waals surface area contributed by atoms with Gasteiger partial charge in [-0.3, -0.25) is 4.79 Å². The summed E-state index contributed by atoms with van der Waals surface area (Å²) in [6, 6.07) is 3.60. The van der Waals surface area contributed by atoms with Crippen LogP contribution in [-0.4, -0.2) is 37.1 Å². The van der Waals surface area contributed by atoms with Gasteiger partial charge in [-0.15, -0.1) is 0 Å². The van der Waals surface area contributed by atoms with E-state index < -0.39 is 17.6 Å². The summed E-state index contributed by atoms with van der Waals surface area (Å²) in [5.74, 6) is -0.631. The van der Waals surface area contributed by atoms with E-state index in [4.69, 9.17) is 4.74 Å². The fraction of sp³-hybridized carbons (Fsp3) is 0.417. The number of amides is 1. The second-order valence-corrected chi connectivity index (χ2v) is 5.08. The number of carbonyl (C=O) groups excluding carboxylic acids is 1. The summed E-state index contributed by atoms with van der Waals surface area (Å²) < 4.78 is 43.9. The molecular formula is C12H11BrF3NO2. The first-order valence-electron chi connectivity index (χ1n) is 5.52. The first-order valence-corrected chi connectivity index (χ1v) is 6.31. The van der Waals surface area contributed by atoms with Gasteiger partial charge in [-0.1, -0.05) is 6.07 Å². The van der Waals surface area contributed by atoms with Crippen LogP contribution in [0.3, 0.4) is 0 Å². The number of hydrogen-bond donors (Lipinski definition) is 0. The molecule has 3 nitrogen and oxygen atoms in total. The Hall–Kier alpha value is -1.08. The van der Waals surface area contributed by atoms with Crippen molar-refractivity contribution in [1.82, 2.24) is 4.90 Å². The third-order valence-corrected chi connectivity index (χ3v) is 3.66. The molecule has 0 N–H and O–H groups in total. The van der Waals surface area contributed by atoms with Crippen molar-refractivity contribution in [2.75, 3.05) is 20.2 Å². The lowest BCUT2D eigenvalue weighted by atomic mass is 10.0. The number of halogens is 4. The average molecular weight is 338 g/mol. The van der Waals surface area contributed by atoms with E-state index in [0.29, 0.717) is 13.1 Å². The molecule has 104 valence electrons. The first-order chi connectivity index (χ1) is 8.84. The summed E-state index contributed by atoms with van der Waals surface area (Å²) in [7, 11) is 1.51. The van der Waals surface area contributed by atoms with Crippen LogP contribution in [0.25, 0.3) is 0 Å². The molecule has 0 aromatic heterocycles. The highest BCUT2D eigenvalue weighted by Gasteiger charge is 2.39. The molecule has 1 saturated heterocycles. The van der Waals surface area contributed by atoms with E-state index in [-0.39, 0.29) is 16.1 Å². The van der Waals surface area contributed by atoms with Gasteiger partial charge in [0.05, 0.1) is 17.2 Å². The maximum absolute atomic E-state index is 12.9. The Kier molecular flexibility index (Phi) is 3.87. The maximum atomic E-state index is 12.9. The van der Waals surface area contributed by atoms with Crippen molar-refractivity contribution in [2.45, 2.75) is 12.3 Å². The van der Waals surface area contributed by atoms with Gasteiger partial charge < -0.3 is 9.64 Å². The molecule has 0 spiro atoms. The number of rotatable bonds is 2. The van der Waals surface area contributed by atoms with Gasteiger partial charge in [0.25, 0.3) is 5.91 Å². The topological polar surface area (TPSA) is 29.5 Å². The molecule has 1 aliphatic rings. The van der Waals surface area contributed by atoms with Crippen molar-refractivity contribution in [3.05, 3.63) is 33.8 Å². The number of methoxy groups -OCH3 is 1.